The highest BCUT2D eigenvalue weighted by Crippen LogP contribution is 2.22. The molecule has 1 saturated heterocycles. The van der Waals surface area contributed by atoms with Gasteiger partial charge < -0.3 is 20.3 Å². The van der Waals surface area contributed by atoms with E-state index in [1.807, 2.05) is 32.8 Å². The van der Waals surface area contributed by atoms with Crippen molar-refractivity contribution in [1.29, 1.82) is 0 Å². The van der Waals surface area contributed by atoms with Crippen molar-refractivity contribution in [1.82, 2.24) is 9.80 Å². The zero-order chi connectivity index (χ0) is 13.1. The minimum atomic E-state index is -0.736. The van der Waals surface area contributed by atoms with Crippen molar-refractivity contribution < 1.29 is 9.53 Å². The lowest BCUT2D eigenvalue weighted by Crippen LogP contribution is -2.58. The first-order chi connectivity index (χ1) is 7.86. The summed E-state index contributed by atoms with van der Waals surface area (Å²) in [7, 11) is 4.07. The normalized spacial score (nSPS) is 24.5. The summed E-state index contributed by atoms with van der Waals surface area (Å²) >= 11 is 0. The summed E-state index contributed by atoms with van der Waals surface area (Å²) < 4.78 is 5.67. The van der Waals surface area contributed by atoms with E-state index in [1.165, 1.54) is 0 Å². The summed E-state index contributed by atoms with van der Waals surface area (Å²) in [6.45, 7) is 6.47. The molecule has 1 aliphatic rings. The highest BCUT2D eigenvalue weighted by molar-refractivity contribution is 5.85. The summed E-state index contributed by atoms with van der Waals surface area (Å²) in [4.78, 5) is 16.1. The van der Waals surface area contributed by atoms with Crippen LogP contribution in [-0.4, -0.2) is 67.7 Å². The third-order valence-electron chi connectivity index (χ3n) is 2.98. The Balaban J connectivity index is 2.54. The Hall–Kier alpha value is -0.650. The highest BCUT2D eigenvalue weighted by atomic mass is 16.5. The van der Waals surface area contributed by atoms with Crippen molar-refractivity contribution in [3.05, 3.63) is 0 Å². The molecule has 0 radical (unpaired) electrons. The second-order valence-electron chi connectivity index (χ2n) is 5.39. The van der Waals surface area contributed by atoms with Crippen LogP contribution in [0.2, 0.25) is 0 Å². The summed E-state index contributed by atoms with van der Waals surface area (Å²) in [5.41, 5.74) is 4.90. The number of nitrogens with two attached hydrogens (primary N) is 1. The lowest BCUT2D eigenvalue weighted by molar-refractivity contribution is -0.178. The van der Waals surface area contributed by atoms with Gasteiger partial charge in [-0.05, 0) is 40.9 Å². The maximum absolute atomic E-state index is 12.1. The van der Waals surface area contributed by atoms with Gasteiger partial charge in [0.05, 0.1) is 6.10 Å². The first kappa shape index (κ1) is 14.4. The molecule has 0 spiro atoms. The van der Waals surface area contributed by atoms with E-state index >= 15 is 0 Å². The predicted molar refractivity (Wildman–Crippen MR) is 67.8 cm³/mol. The predicted octanol–water partition coefficient (Wildman–Crippen LogP) is -0.0972. The molecule has 1 amide bonds. The van der Waals surface area contributed by atoms with Gasteiger partial charge in [0, 0.05) is 19.6 Å². The van der Waals surface area contributed by atoms with Gasteiger partial charge in [0.25, 0.3) is 5.91 Å². The molecule has 0 bridgehead atoms. The van der Waals surface area contributed by atoms with Gasteiger partial charge in [0.1, 0.15) is 5.60 Å². The number of rotatable bonds is 5. The van der Waals surface area contributed by atoms with Crippen molar-refractivity contribution in [2.24, 2.45) is 5.73 Å². The third kappa shape index (κ3) is 3.94. The van der Waals surface area contributed by atoms with Crippen LogP contribution in [0.15, 0.2) is 0 Å². The first-order valence-electron chi connectivity index (χ1n) is 6.19. The van der Waals surface area contributed by atoms with E-state index in [0.29, 0.717) is 13.1 Å². The molecule has 100 valence electrons. The average molecular weight is 243 g/mol. The summed E-state index contributed by atoms with van der Waals surface area (Å²) in [5, 5.41) is 0. The van der Waals surface area contributed by atoms with E-state index in [4.69, 9.17) is 10.5 Å². The monoisotopic (exact) mass is 243 g/mol. The fourth-order valence-corrected chi connectivity index (χ4v) is 2.11. The van der Waals surface area contributed by atoms with Crippen LogP contribution in [0, 0.1) is 0 Å². The van der Waals surface area contributed by atoms with Crippen LogP contribution in [0.3, 0.4) is 0 Å². The van der Waals surface area contributed by atoms with Gasteiger partial charge in [0.15, 0.2) is 0 Å². The Morgan fingerprint density at radius 2 is 2.18 bits per heavy atom. The molecular weight excluding hydrogens is 218 g/mol. The molecule has 1 heterocycles. The van der Waals surface area contributed by atoms with Crippen LogP contribution in [0.5, 0.6) is 0 Å². The molecule has 5 nitrogen and oxygen atoms in total. The van der Waals surface area contributed by atoms with E-state index in [1.54, 1.807) is 0 Å². The lowest BCUT2D eigenvalue weighted by atomic mass is 10.0. The van der Waals surface area contributed by atoms with Crippen LogP contribution in [0.25, 0.3) is 0 Å². The minimum absolute atomic E-state index is 0.0398. The third-order valence-corrected chi connectivity index (χ3v) is 2.98. The highest BCUT2D eigenvalue weighted by Gasteiger charge is 2.40. The second-order valence-corrected chi connectivity index (χ2v) is 5.39. The Morgan fingerprint density at radius 3 is 2.71 bits per heavy atom. The van der Waals surface area contributed by atoms with Crippen molar-refractivity contribution in [2.75, 3.05) is 40.3 Å². The largest absolute Gasteiger partial charge is 0.359 e. The van der Waals surface area contributed by atoms with Crippen LogP contribution >= 0.6 is 0 Å². The summed E-state index contributed by atoms with van der Waals surface area (Å²) in [6.07, 6.45) is 0.939. The molecule has 1 fully saturated rings. The number of morpholine rings is 1. The maximum Gasteiger partial charge on any atom is 0.254 e. The smallest absolute Gasteiger partial charge is 0.254 e. The van der Waals surface area contributed by atoms with Gasteiger partial charge in [-0.3, -0.25) is 4.79 Å². The van der Waals surface area contributed by atoms with E-state index in [-0.39, 0.29) is 12.0 Å². The SMILES string of the molecule is CN(C)CCCN1CC(CN)OC(C)(C)C1=O. The quantitative estimate of drug-likeness (QED) is 0.733. The molecule has 17 heavy (non-hydrogen) atoms. The number of nitrogens with zero attached hydrogens (tertiary/aromatic N) is 2. The Bertz CT molecular complexity index is 266. The Labute approximate surface area is 104 Å². The zero-order valence-corrected chi connectivity index (χ0v) is 11.4. The molecule has 0 aromatic rings. The molecule has 1 aliphatic heterocycles. The van der Waals surface area contributed by atoms with Crippen molar-refractivity contribution in [2.45, 2.75) is 32.0 Å². The molecule has 1 rings (SSSR count). The van der Waals surface area contributed by atoms with Crippen molar-refractivity contribution in [3.63, 3.8) is 0 Å². The van der Waals surface area contributed by atoms with E-state index < -0.39 is 5.60 Å². The van der Waals surface area contributed by atoms with Gasteiger partial charge in [-0.15, -0.1) is 0 Å². The van der Waals surface area contributed by atoms with Gasteiger partial charge in [-0.1, -0.05) is 0 Å². The number of carbonyl (C=O) groups excluding carboxylic acids is 1. The van der Waals surface area contributed by atoms with Crippen LogP contribution in [0.4, 0.5) is 0 Å². The number of carbonyl (C=O) groups is 1. The zero-order valence-electron chi connectivity index (χ0n) is 11.4. The fraction of sp³-hybridized carbons (Fsp3) is 0.917. The maximum atomic E-state index is 12.1. The molecule has 0 aromatic heterocycles. The summed E-state index contributed by atoms with van der Waals surface area (Å²) in [6, 6.07) is 0. The van der Waals surface area contributed by atoms with Crippen molar-refractivity contribution in [3.8, 4) is 0 Å². The molecule has 2 N–H and O–H groups in total. The van der Waals surface area contributed by atoms with Gasteiger partial charge in [0.2, 0.25) is 0 Å². The first-order valence-corrected chi connectivity index (χ1v) is 6.19. The van der Waals surface area contributed by atoms with Gasteiger partial charge >= 0.3 is 0 Å². The number of amides is 1. The van der Waals surface area contributed by atoms with E-state index in [2.05, 4.69) is 4.90 Å². The van der Waals surface area contributed by atoms with Crippen molar-refractivity contribution >= 4 is 5.91 Å². The van der Waals surface area contributed by atoms with E-state index in [9.17, 15) is 4.79 Å². The van der Waals surface area contributed by atoms with E-state index in [0.717, 1.165) is 19.5 Å². The lowest BCUT2D eigenvalue weighted by Gasteiger charge is -2.41. The average Bonchev–Trinajstić information content (AvgIpc) is 2.23. The number of ether oxygens (including phenoxy) is 1. The standard InChI is InChI=1S/C12H25N3O2/c1-12(2)11(16)15(7-5-6-14(3)4)9-10(8-13)17-12/h10H,5-9,13H2,1-4H3. The van der Waals surface area contributed by atoms with Crippen LogP contribution < -0.4 is 5.73 Å². The van der Waals surface area contributed by atoms with Crippen LogP contribution in [-0.2, 0) is 9.53 Å². The Kier molecular flexibility index (Phi) is 4.91. The number of hydrogen-bond acceptors (Lipinski definition) is 4. The molecule has 5 heteroatoms. The topological polar surface area (TPSA) is 58.8 Å². The molecule has 0 aliphatic carbocycles. The number of hydrogen-bond donors (Lipinski definition) is 1. The van der Waals surface area contributed by atoms with Gasteiger partial charge in [-0.25, -0.2) is 0 Å². The Morgan fingerprint density at radius 1 is 1.53 bits per heavy atom. The van der Waals surface area contributed by atoms with Crippen LogP contribution in [0.1, 0.15) is 20.3 Å². The molecule has 1 atom stereocenters. The molecule has 0 saturated carbocycles. The second kappa shape index (κ2) is 5.80. The van der Waals surface area contributed by atoms with Gasteiger partial charge in [-0.2, -0.15) is 0 Å². The fourth-order valence-electron chi connectivity index (χ4n) is 2.11. The molecular formula is C12H25N3O2. The molecule has 1 unspecified atom stereocenters. The summed E-state index contributed by atoms with van der Waals surface area (Å²) in [5.74, 6) is 0.0703. The molecule has 0 aromatic carbocycles. The minimum Gasteiger partial charge on any atom is -0.359 e.